The van der Waals surface area contributed by atoms with Crippen LogP contribution in [0.4, 0.5) is 11.4 Å². The van der Waals surface area contributed by atoms with Crippen molar-refractivity contribution < 1.29 is 9.59 Å². The predicted octanol–water partition coefficient (Wildman–Crippen LogP) is 8.30. The number of nitrogens with one attached hydrogen (secondary N) is 2. The number of rotatable bonds is 4. The van der Waals surface area contributed by atoms with Crippen LogP contribution in [0.15, 0.2) is 48.5 Å². The number of benzene rings is 3. The van der Waals surface area contributed by atoms with Gasteiger partial charge in [-0.15, -0.1) is 0 Å². The van der Waals surface area contributed by atoms with Gasteiger partial charge in [-0.2, -0.15) is 0 Å². The Bertz CT molecular complexity index is 1500. The largest absolute Gasteiger partial charge is 0.326 e. The standard InChI is InChI=1S/C36H40N2O2/c39-33(35-15-21-7-22(16-35)9-23(8-21)17-35)37-28-13-31-29-4-2-1-3-27(29)5-6-30(31)32(14-28)38-34(40)36-18-24-10-25(19-36)12-26(11-24)20-36/h1-6,13-14,21-26H,7-12,15-20H2,(H,37,39)(H,38,40). The Labute approximate surface area is 236 Å². The van der Waals surface area contributed by atoms with Gasteiger partial charge in [-0.3, -0.25) is 9.59 Å². The van der Waals surface area contributed by atoms with Crippen molar-refractivity contribution in [1.82, 2.24) is 0 Å². The summed E-state index contributed by atoms with van der Waals surface area (Å²) in [5, 5.41) is 11.4. The molecule has 2 N–H and O–H groups in total. The van der Waals surface area contributed by atoms with Gasteiger partial charge < -0.3 is 10.6 Å². The van der Waals surface area contributed by atoms with Crippen molar-refractivity contribution in [2.45, 2.75) is 77.0 Å². The smallest absolute Gasteiger partial charge is 0.230 e. The van der Waals surface area contributed by atoms with E-state index in [9.17, 15) is 9.59 Å². The van der Waals surface area contributed by atoms with Gasteiger partial charge in [-0.05, 0) is 141 Å². The minimum absolute atomic E-state index is 0.203. The lowest BCUT2D eigenvalue weighted by molar-refractivity contribution is -0.140. The molecule has 4 nitrogen and oxygen atoms in total. The topological polar surface area (TPSA) is 58.2 Å². The number of anilines is 2. The average molecular weight is 533 g/mol. The van der Waals surface area contributed by atoms with Crippen LogP contribution >= 0.6 is 0 Å². The molecule has 0 unspecified atom stereocenters. The number of carbonyl (C=O) groups excluding carboxylic acids is 2. The molecular formula is C36H40N2O2. The second-order valence-electron chi connectivity index (χ2n) is 15.2. The zero-order valence-corrected chi connectivity index (χ0v) is 23.4. The molecule has 0 radical (unpaired) electrons. The van der Waals surface area contributed by atoms with Crippen LogP contribution in [0.2, 0.25) is 0 Å². The van der Waals surface area contributed by atoms with Gasteiger partial charge in [0, 0.05) is 11.1 Å². The minimum Gasteiger partial charge on any atom is -0.326 e. The highest BCUT2D eigenvalue weighted by atomic mass is 16.2. The molecule has 4 heteroatoms. The summed E-state index contributed by atoms with van der Waals surface area (Å²) in [5.41, 5.74) is 1.26. The fourth-order valence-electron chi connectivity index (χ4n) is 11.6. The molecule has 11 rings (SSSR count). The van der Waals surface area contributed by atoms with Gasteiger partial charge in [-0.1, -0.05) is 36.4 Å². The molecule has 0 atom stereocenters. The lowest BCUT2D eigenvalue weighted by Gasteiger charge is -2.55. The van der Waals surface area contributed by atoms with E-state index in [4.69, 9.17) is 0 Å². The molecule has 0 aromatic heterocycles. The van der Waals surface area contributed by atoms with Gasteiger partial charge in [-0.25, -0.2) is 0 Å². The van der Waals surface area contributed by atoms with Gasteiger partial charge in [0.05, 0.1) is 16.5 Å². The number of amides is 2. The zero-order valence-electron chi connectivity index (χ0n) is 23.4. The molecule has 0 aliphatic heterocycles. The second-order valence-corrected chi connectivity index (χ2v) is 15.2. The van der Waals surface area contributed by atoms with Gasteiger partial charge in [0.1, 0.15) is 0 Å². The molecule has 3 aromatic carbocycles. The molecule has 3 aromatic rings. The molecule has 8 aliphatic carbocycles. The molecular weight excluding hydrogens is 492 g/mol. The van der Waals surface area contributed by atoms with Crippen molar-refractivity contribution >= 4 is 44.7 Å². The third-order valence-electron chi connectivity index (χ3n) is 12.4. The molecule has 8 fully saturated rings. The molecule has 0 heterocycles. The SMILES string of the molecule is O=C(Nc1cc(NC(=O)C23CC4CC(CC(C4)C2)C3)c2ccc3ccccc3c2c1)C12CC3CC(CC(C3)C1)C2. The molecule has 8 saturated carbocycles. The van der Waals surface area contributed by atoms with Crippen LogP contribution in [0.25, 0.3) is 21.5 Å². The quantitative estimate of drug-likeness (QED) is 0.332. The van der Waals surface area contributed by atoms with Gasteiger partial charge >= 0.3 is 0 Å². The highest BCUT2D eigenvalue weighted by molar-refractivity contribution is 6.16. The molecule has 8 bridgehead atoms. The highest BCUT2D eigenvalue weighted by Crippen LogP contribution is 2.61. The van der Waals surface area contributed by atoms with Gasteiger partial charge in [0.15, 0.2) is 0 Å². The van der Waals surface area contributed by atoms with Crippen molar-refractivity contribution in [3.8, 4) is 0 Å². The Hall–Kier alpha value is -2.88. The second kappa shape index (κ2) is 8.33. The third kappa shape index (κ3) is 3.56. The van der Waals surface area contributed by atoms with E-state index in [0.717, 1.165) is 102 Å². The zero-order chi connectivity index (χ0) is 26.6. The summed E-state index contributed by atoms with van der Waals surface area (Å²) in [6, 6.07) is 17.0. The maximum Gasteiger partial charge on any atom is 0.230 e. The summed E-state index contributed by atoms with van der Waals surface area (Å²) in [6.45, 7) is 0. The normalized spacial score (nSPS) is 38.7. The first-order valence-electron chi connectivity index (χ1n) is 16.0. The van der Waals surface area contributed by atoms with E-state index in [1.54, 1.807) is 0 Å². The third-order valence-corrected chi connectivity index (χ3v) is 12.4. The van der Waals surface area contributed by atoms with Gasteiger partial charge in [0.2, 0.25) is 11.8 Å². The van der Waals surface area contributed by atoms with E-state index in [2.05, 4.69) is 53.1 Å². The first kappa shape index (κ1) is 23.8. The summed E-state index contributed by atoms with van der Waals surface area (Å²) in [4.78, 5) is 28.2. The minimum atomic E-state index is -0.212. The number of fused-ring (bicyclic) bond motifs is 3. The number of carbonyl (C=O) groups is 2. The van der Waals surface area contributed by atoms with Crippen LogP contribution in [0.5, 0.6) is 0 Å². The van der Waals surface area contributed by atoms with Crippen molar-refractivity contribution in [2.24, 2.45) is 46.3 Å². The Morgan fingerprint density at radius 1 is 0.550 bits per heavy atom. The van der Waals surface area contributed by atoms with E-state index in [1.165, 1.54) is 43.9 Å². The number of hydrogen-bond donors (Lipinski definition) is 2. The molecule has 8 aliphatic rings. The maximum atomic E-state index is 14.1. The highest BCUT2D eigenvalue weighted by Gasteiger charge is 2.56. The summed E-state index contributed by atoms with van der Waals surface area (Å²) < 4.78 is 0. The van der Waals surface area contributed by atoms with E-state index in [1.807, 2.05) is 6.07 Å². The van der Waals surface area contributed by atoms with Crippen LogP contribution < -0.4 is 10.6 Å². The van der Waals surface area contributed by atoms with E-state index < -0.39 is 0 Å². The Kier molecular flexibility index (Phi) is 4.96. The van der Waals surface area contributed by atoms with Crippen LogP contribution in [0.1, 0.15) is 77.0 Å². The summed E-state index contributed by atoms with van der Waals surface area (Å²) in [7, 11) is 0. The predicted molar refractivity (Wildman–Crippen MR) is 160 cm³/mol. The van der Waals surface area contributed by atoms with E-state index in [0.29, 0.717) is 0 Å². The maximum absolute atomic E-state index is 14.1. The molecule has 0 saturated heterocycles. The number of hydrogen-bond acceptors (Lipinski definition) is 2. The lowest BCUT2D eigenvalue weighted by Crippen LogP contribution is -2.52. The molecule has 40 heavy (non-hydrogen) atoms. The first-order chi connectivity index (χ1) is 19.4. The van der Waals surface area contributed by atoms with Gasteiger partial charge in [0.25, 0.3) is 0 Å². The summed E-state index contributed by atoms with van der Waals surface area (Å²) in [6.07, 6.45) is 14.3. The van der Waals surface area contributed by atoms with Crippen molar-refractivity contribution in [1.29, 1.82) is 0 Å². The molecule has 2 amide bonds. The lowest BCUT2D eigenvalue weighted by atomic mass is 9.49. The fourth-order valence-corrected chi connectivity index (χ4v) is 11.6. The molecule has 206 valence electrons. The van der Waals surface area contributed by atoms with Crippen LogP contribution in [0, 0.1) is 46.3 Å². The van der Waals surface area contributed by atoms with Crippen molar-refractivity contribution in [3.05, 3.63) is 48.5 Å². The molecule has 0 spiro atoms. The summed E-state index contributed by atoms with van der Waals surface area (Å²) >= 11 is 0. The first-order valence-corrected chi connectivity index (χ1v) is 16.0. The Balaban J connectivity index is 1.09. The fraction of sp³-hybridized carbons (Fsp3) is 0.556. The Morgan fingerprint density at radius 3 is 1.60 bits per heavy atom. The van der Waals surface area contributed by atoms with Crippen LogP contribution in [-0.4, -0.2) is 11.8 Å². The van der Waals surface area contributed by atoms with Crippen molar-refractivity contribution in [2.75, 3.05) is 10.6 Å². The van der Waals surface area contributed by atoms with Crippen molar-refractivity contribution in [3.63, 3.8) is 0 Å². The van der Waals surface area contributed by atoms with E-state index in [-0.39, 0.29) is 22.6 Å². The summed E-state index contributed by atoms with van der Waals surface area (Å²) in [5.74, 6) is 4.79. The van der Waals surface area contributed by atoms with Crippen LogP contribution in [0.3, 0.4) is 0 Å². The van der Waals surface area contributed by atoms with E-state index >= 15 is 0 Å². The Morgan fingerprint density at radius 2 is 1.05 bits per heavy atom. The average Bonchev–Trinajstić information content (AvgIpc) is 2.91. The van der Waals surface area contributed by atoms with Crippen LogP contribution in [-0.2, 0) is 9.59 Å². The monoisotopic (exact) mass is 532 g/mol.